The number of para-hydroxylation sites is 1. The molecule has 6 heteroatoms. The molecule has 0 saturated carbocycles. The third kappa shape index (κ3) is 2.58. The van der Waals surface area contributed by atoms with E-state index in [0.29, 0.717) is 5.95 Å². The molecule has 0 unspecified atom stereocenters. The van der Waals surface area contributed by atoms with Crippen LogP contribution in [0.1, 0.15) is 20.8 Å². The first kappa shape index (κ1) is 12.3. The van der Waals surface area contributed by atoms with Crippen LogP contribution >= 0.6 is 0 Å². The van der Waals surface area contributed by atoms with Crippen molar-refractivity contribution < 1.29 is 4.39 Å². The lowest BCUT2D eigenvalue weighted by Crippen LogP contribution is -2.26. The molecule has 0 radical (unpaired) electrons. The third-order valence-electron chi connectivity index (χ3n) is 2.20. The van der Waals surface area contributed by atoms with Crippen LogP contribution in [0.25, 0.3) is 5.69 Å². The van der Waals surface area contributed by atoms with Gasteiger partial charge >= 0.3 is 0 Å². The van der Waals surface area contributed by atoms with E-state index in [1.807, 2.05) is 20.8 Å². The SMILES string of the molecule is CC(C)(C)Nc1nc(N)n(-c2ccccc2F)n1. The van der Waals surface area contributed by atoms with E-state index in [-0.39, 0.29) is 17.2 Å². The normalized spacial score (nSPS) is 11.6. The van der Waals surface area contributed by atoms with Gasteiger partial charge in [-0.2, -0.15) is 9.67 Å². The van der Waals surface area contributed by atoms with E-state index in [4.69, 9.17) is 5.73 Å². The molecule has 0 atom stereocenters. The van der Waals surface area contributed by atoms with Gasteiger partial charge in [0.15, 0.2) is 0 Å². The van der Waals surface area contributed by atoms with Gasteiger partial charge in [0.25, 0.3) is 0 Å². The standard InChI is InChI=1S/C12H16FN5/c1-12(2,3)16-11-15-10(14)18(17-11)9-7-5-4-6-8(9)13/h4-7H,1-3H3,(H3,14,15,16,17). The van der Waals surface area contributed by atoms with Gasteiger partial charge in [-0.1, -0.05) is 12.1 Å². The van der Waals surface area contributed by atoms with E-state index in [1.54, 1.807) is 18.2 Å². The Hall–Kier alpha value is -2.11. The van der Waals surface area contributed by atoms with Crippen LogP contribution < -0.4 is 11.1 Å². The molecule has 0 aliphatic carbocycles. The van der Waals surface area contributed by atoms with Gasteiger partial charge < -0.3 is 11.1 Å². The van der Waals surface area contributed by atoms with Gasteiger partial charge in [-0.15, -0.1) is 5.10 Å². The van der Waals surface area contributed by atoms with Crippen molar-refractivity contribution in [1.82, 2.24) is 14.8 Å². The number of rotatable bonds is 2. The molecule has 96 valence electrons. The largest absolute Gasteiger partial charge is 0.368 e. The average Bonchev–Trinajstić information content (AvgIpc) is 2.57. The van der Waals surface area contributed by atoms with Crippen LogP contribution in [0.15, 0.2) is 24.3 Å². The zero-order valence-electron chi connectivity index (χ0n) is 10.6. The minimum atomic E-state index is -0.392. The minimum absolute atomic E-state index is 0.145. The second kappa shape index (κ2) is 4.29. The van der Waals surface area contributed by atoms with Crippen molar-refractivity contribution in [3.63, 3.8) is 0 Å². The van der Waals surface area contributed by atoms with Crippen molar-refractivity contribution in [2.75, 3.05) is 11.1 Å². The summed E-state index contributed by atoms with van der Waals surface area (Å²) in [6.45, 7) is 5.94. The van der Waals surface area contributed by atoms with E-state index in [1.165, 1.54) is 10.7 Å². The Bertz CT molecular complexity index is 556. The molecule has 0 bridgehead atoms. The highest BCUT2D eigenvalue weighted by Gasteiger charge is 2.16. The summed E-state index contributed by atoms with van der Waals surface area (Å²) in [6, 6.07) is 6.28. The Balaban J connectivity index is 2.39. The lowest BCUT2D eigenvalue weighted by molar-refractivity contribution is 0.609. The summed E-state index contributed by atoms with van der Waals surface area (Å²) < 4.78 is 14.9. The number of halogens is 1. The van der Waals surface area contributed by atoms with Crippen LogP contribution in [-0.2, 0) is 0 Å². The molecular weight excluding hydrogens is 233 g/mol. The van der Waals surface area contributed by atoms with Crippen molar-refractivity contribution in [3.8, 4) is 5.69 Å². The van der Waals surface area contributed by atoms with Gasteiger partial charge in [0, 0.05) is 5.54 Å². The monoisotopic (exact) mass is 249 g/mol. The van der Waals surface area contributed by atoms with Crippen LogP contribution in [0.2, 0.25) is 0 Å². The van der Waals surface area contributed by atoms with E-state index in [0.717, 1.165) is 0 Å². The highest BCUT2D eigenvalue weighted by Crippen LogP contribution is 2.18. The molecule has 5 nitrogen and oxygen atoms in total. The average molecular weight is 249 g/mol. The topological polar surface area (TPSA) is 68.8 Å². The van der Waals surface area contributed by atoms with E-state index in [2.05, 4.69) is 15.4 Å². The Labute approximate surface area is 105 Å². The fourth-order valence-electron chi connectivity index (χ4n) is 1.51. The van der Waals surface area contributed by atoms with Crippen LogP contribution in [0.3, 0.4) is 0 Å². The summed E-state index contributed by atoms with van der Waals surface area (Å²) in [6.07, 6.45) is 0. The third-order valence-corrected chi connectivity index (χ3v) is 2.20. The first-order chi connectivity index (χ1) is 8.37. The second-order valence-electron chi connectivity index (χ2n) is 5.03. The van der Waals surface area contributed by atoms with E-state index >= 15 is 0 Å². The molecule has 0 amide bonds. The summed E-state index contributed by atoms with van der Waals surface area (Å²) in [5, 5.41) is 7.24. The maximum atomic E-state index is 13.6. The number of aromatic nitrogens is 3. The summed E-state index contributed by atoms with van der Waals surface area (Å²) in [5.74, 6) is 0.131. The van der Waals surface area contributed by atoms with Crippen molar-refractivity contribution >= 4 is 11.9 Å². The fraction of sp³-hybridized carbons (Fsp3) is 0.333. The zero-order chi connectivity index (χ0) is 13.3. The summed E-state index contributed by atoms with van der Waals surface area (Å²) in [4.78, 5) is 4.07. The van der Waals surface area contributed by atoms with Crippen LogP contribution in [-0.4, -0.2) is 20.3 Å². The van der Waals surface area contributed by atoms with Crippen molar-refractivity contribution in [1.29, 1.82) is 0 Å². The van der Waals surface area contributed by atoms with Crippen LogP contribution in [0, 0.1) is 5.82 Å². The molecule has 0 saturated heterocycles. The molecular formula is C12H16FN5. The summed E-state index contributed by atoms with van der Waals surface area (Å²) >= 11 is 0. The van der Waals surface area contributed by atoms with Crippen molar-refractivity contribution in [2.45, 2.75) is 26.3 Å². The van der Waals surface area contributed by atoms with Crippen LogP contribution in [0.5, 0.6) is 0 Å². The predicted molar refractivity (Wildman–Crippen MR) is 69.1 cm³/mol. The molecule has 0 spiro atoms. The number of hydrogen-bond donors (Lipinski definition) is 2. The Kier molecular flexibility index (Phi) is 2.94. The molecule has 0 aliphatic rings. The first-order valence-corrected chi connectivity index (χ1v) is 5.62. The number of nitrogens with two attached hydrogens (primary N) is 1. The highest BCUT2D eigenvalue weighted by atomic mass is 19.1. The minimum Gasteiger partial charge on any atom is -0.368 e. The van der Waals surface area contributed by atoms with E-state index < -0.39 is 5.82 Å². The molecule has 2 rings (SSSR count). The number of nitrogen functional groups attached to an aromatic ring is 1. The number of nitrogens with one attached hydrogen (secondary N) is 1. The van der Waals surface area contributed by atoms with Gasteiger partial charge in [-0.25, -0.2) is 4.39 Å². The number of nitrogens with zero attached hydrogens (tertiary/aromatic N) is 3. The lowest BCUT2D eigenvalue weighted by Gasteiger charge is -2.18. The first-order valence-electron chi connectivity index (χ1n) is 5.62. The highest BCUT2D eigenvalue weighted by molar-refractivity contribution is 5.43. The molecule has 0 aliphatic heterocycles. The summed E-state index contributed by atoms with van der Waals surface area (Å²) in [5.41, 5.74) is 5.84. The maximum Gasteiger partial charge on any atom is 0.244 e. The smallest absolute Gasteiger partial charge is 0.244 e. The Morgan fingerprint density at radius 2 is 1.94 bits per heavy atom. The second-order valence-corrected chi connectivity index (χ2v) is 5.03. The maximum absolute atomic E-state index is 13.6. The van der Waals surface area contributed by atoms with Gasteiger partial charge in [0.1, 0.15) is 11.5 Å². The van der Waals surface area contributed by atoms with Crippen molar-refractivity contribution in [2.24, 2.45) is 0 Å². The fourth-order valence-corrected chi connectivity index (χ4v) is 1.51. The molecule has 1 aromatic carbocycles. The van der Waals surface area contributed by atoms with Gasteiger partial charge in [0.05, 0.1) is 0 Å². The molecule has 1 aromatic heterocycles. The van der Waals surface area contributed by atoms with Gasteiger partial charge in [-0.3, -0.25) is 0 Å². The number of anilines is 2. The predicted octanol–water partition coefficient (Wildman–Crippen LogP) is 2.20. The Morgan fingerprint density at radius 3 is 2.56 bits per heavy atom. The van der Waals surface area contributed by atoms with Crippen molar-refractivity contribution in [3.05, 3.63) is 30.1 Å². The molecule has 0 fully saturated rings. The lowest BCUT2D eigenvalue weighted by atomic mass is 10.1. The Morgan fingerprint density at radius 1 is 1.28 bits per heavy atom. The number of benzene rings is 1. The molecule has 2 aromatic rings. The molecule has 1 heterocycles. The molecule has 3 N–H and O–H groups in total. The van der Waals surface area contributed by atoms with Crippen LogP contribution in [0.4, 0.5) is 16.3 Å². The zero-order valence-corrected chi connectivity index (χ0v) is 10.6. The quantitative estimate of drug-likeness (QED) is 0.856. The van der Waals surface area contributed by atoms with Gasteiger partial charge in [-0.05, 0) is 32.9 Å². The molecule has 18 heavy (non-hydrogen) atoms. The number of hydrogen-bond acceptors (Lipinski definition) is 4. The summed E-state index contributed by atoms with van der Waals surface area (Å²) in [7, 11) is 0. The van der Waals surface area contributed by atoms with E-state index in [9.17, 15) is 4.39 Å². The van der Waals surface area contributed by atoms with Gasteiger partial charge in [0.2, 0.25) is 11.9 Å².